The van der Waals surface area contributed by atoms with E-state index in [1.165, 1.54) is 0 Å². The third kappa shape index (κ3) is 4.79. The Labute approximate surface area is 175 Å². The normalized spacial score (nSPS) is 13.7. The fourth-order valence-corrected chi connectivity index (χ4v) is 4.10. The molecular formula is C22H26Cl2N2O2. The summed E-state index contributed by atoms with van der Waals surface area (Å²) in [6.45, 7) is 3.00. The Kier molecular flexibility index (Phi) is 7.19. The molecule has 1 aliphatic rings. The minimum Gasteiger partial charge on any atom is -0.348 e. The van der Waals surface area contributed by atoms with E-state index < -0.39 is 0 Å². The molecule has 28 heavy (non-hydrogen) atoms. The maximum absolute atomic E-state index is 13.1. The van der Waals surface area contributed by atoms with E-state index in [0.29, 0.717) is 16.6 Å². The Morgan fingerprint density at radius 3 is 2.71 bits per heavy atom. The van der Waals surface area contributed by atoms with Crippen LogP contribution in [0.5, 0.6) is 0 Å². The van der Waals surface area contributed by atoms with Gasteiger partial charge in [0, 0.05) is 28.8 Å². The minimum atomic E-state index is -0.363. The Hall–Kier alpha value is -1.78. The number of aromatic nitrogens is 1. The lowest BCUT2D eigenvalue weighted by molar-refractivity contribution is 0.0948. The second-order valence-corrected chi connectivity index (χ2v) is 8.16. The number of carbonyl (C=O) groups excluding carboxylic acids is 1. The van der Waals surface area contributed by atoms with Crippen LogP contribution in [0.2, 0.25) is 10.0 Å². The molecule has 3 rings (SSSR count). The summed E-state index contributed by atoms with van der Waals surface area (Å²) in [5.41, 5.74) is 3.01. The number of hydrogen-bond donors (Lipinski definition) is 1. The van der Waals surface area contributed by atoms with Gasteiger partial charge in [0.15, 0.2) is 0 Å². The predicted octanol–water partition coefficient (Wildman–Crippen LogP) is 5.15. The molecule has 4 nitrogen and oxygen atoms in total. The summed E-state index contributed by atoms with van der Waals surface area (Å²) in [4.78, 5) is 25.9. The number of pyridine rings is 1. The summed E-state index contributed by atoms with van der Waals surface area (Å²) in [6.07, 6.45) is 7.11. The van der Waals surface area contributed by atoms with Crippen LogP contribution in [-0.4, -0.2) is 10.5 Å². The fourth-order valence-electron chi connectivity index (χ4n) is 3.72. The van der Waals surface area contributed by atoms with Gasteiger partial charge in [0.25, 0.3) is 11.5 Å². The number of carbonyl (C=O) groups is 1. The summed E-state index contributed by atoms with van der Waals surface area (Å²) in [5, 5.41) is 3.92. The Balaban J connectivity index is 1.89. The number of halogens is 2. The van der Waals surface area contributed by atoms with Gasteiger partial charge in [-0.2, -0.15) is 0 Å². The number of amides is 1. The first-order valence-corrected chi connectivity index (χ1v) is 10.7. The predicted molar refractivity (Wildman–Crippen MR) is 115 cm³/mol. The smallest absolute Gasteiger partial charge is 0.263 e. The highest BCUT2D eigenvalue weighted by molar-refractivity contribution is 6.33. The van der Waals surface area contributed by atoms with Crippen LogP contribution in [-0.2, 0) is 25.9 Å². The first-order valence-electron chi connectivity index (χ1n) is 9.99. The lowest BCUT2D eigenvalue weighted by atomic mass is 10.0. The van der Waals surface area contributed by atoms with Gasteiger partial charge in [-0.15, -0.1) is 0 Å². The van der Waals surface area contributed by atoms with Gasteiger partial charge in [-0.05, 0) is 67.5 Å². The molecule has 0 spiro atoms. The van der Waals surface area contributed by atoms with Crippen LogP contribution in [0.25, 0.3) is 0 Å². The van der Waals surface area contributed by atoms with Crippen molar-refractivity contribution in [2.45, 2.75) is 65.0 Å². The molecule has 1 N–H and O–H groups in total. The molecule has 0 aliphatic heterocycles. The van der Waals surface area contributed by atoms with E-state index in [-0.39, 0.29) is 23.6 Å². The van der Waals surface area contributed by atoms with E-state index in [1.807, 2.05) is 4.57 Å². The zero-order chi connectivity index (χ0) is 20.1. The average molecular weight is 421 g/mol. The summed E-state index contributed by atoms with van der Waals surface area (Å²) in [7, 11) is 0. The maximum atomic E-state index is 13.1. The number of fused-ring (bicyclic) bond motifs is 1. The number of hydrogen-bond acceptors (Lipinski definition) is 2. The summed E-state index contributed by atoms with van der Waals surface area (Å²) in [6, 6.07) is 6.93. The molecule has 1 amide bonds. The summed E-state index contributed by atoms with van der Waals surface area (Å²) < 4.78 is 1.84. The number of unbranched alkanes of at least 4 members (excludes halogenated alkanes) is 1. The molecule has 1 aliphatic carbocycles. The molecule has 0 atom stereocenters. The molecule has 0 unspecified atom stereocenters. The van der Waals surface area contributed by atoms with Crippen LogP contribution in [0.1, 0.15) is 66.2 Å². The van der Waals surface area contributed by atoms with Crippen molar-refractivity contribution >= 4 is 29.1 Å². The zero-order valence-corrected chi connectivity index (χ0v) is 17.7. The molecule has 150 valence electrons. The molecule has 0 saturated carbocycles. The second kappa shape index (κ2) is 9.62. The third-order valence-corrected chi connectivity index (χ3v) is 5.88. The third-order valence-electron chi connectivity index (χ3n) is 5.28. The number of nitrogens with one attached hydrogen (secondary N) is 1. The van der Waals surface area contributed by atoms with E-state index in [2.05, 4.69) is 12.2 Å². The van der Waals surface area contributed by atoms with Crippen LogP contribution < -0.4 is 10.9 Å². The van der Waals surface area contributed by atoms with Crippen molar-refractivity contribution < 1.29 is 4.79 Å². The van der Waals surface area contributed by atoms with E-state index >= 15 is 0 Å². The lowest BCUT2D eigenvalue weighted by Crippen LogP contribution is -2.35. The minimum absolute atomic E-state index is 0.191. The van der Waals surface area contributed by atoms with Crippen molar-refractivity contribution in [1.82, 2.24) is 9.88 Å². The molecule has 6 heteroatoms. The topological polar surface area (TPSA) is 51.1 Å². The first-order chi connectivity index (χ1) is 13.5. The van der Waals surface area contributed by atoms with E-state index in [1.54, 1.807) is 24.3 Å². The van der Waals surface area contributed by atoms with Crippen molar-refractivity contribution in [1.29, 1.82) is 0 Å². The number of rotatable bonds is 6. The zero-order valence-electron chi connectivity index (χ0n) is 16.2. The SMILES string of the molecule is CCCCn1c2c(cc(C(=O)NCc3cc(Cl)ccc3Cl)c1=O)CCCCC2. The highest BCUT2D eigenvalue weighted by atomic mass is 35.5. The standard InChI is InChI=1S/C22H26Cl2N2O2/c1-2-3-11-26-20-8-6-4-5-7-15(20)13-18(22(26)28)21(27)25-14-16-12-17(23)9-10-19(16)24/h9-10,12-13H,2-8,11,14H2,1H3,(H,25,27). The Morgan fingerprint density at radius 2 is 1.93 bits per heavy atom. The summed E-state index contributed by atoms with van der Waals surface area (Å²) >= 11 is 12.2. The van der Waals surface area contributed by atoms with Gasteiger partial charge in [-0.25, -0.2) is 0 Å². The average Bonchev–Trinajstić information content (AvgIpc) is 2.92. The monoisotopic (exact) mass is 420 g/mol. The first kappa shape index (κ1) is 20.9. The van der Waals surface area contributed by atoms with Gasteiger partial charge in [-0.3, -0.25) is 9.59 Å². The maximum Gasteiger partial charge on any atom is 0.263 e. The van der Waals surface area contributed by atoms with Crippen LogP contribution in [0, 0.1) is 0 Å². The van der Waals surface area contributed by atoms with Crippen LogP contribution in [0.3, 0.4) is 0 Å². The van der Waals surface area contributed by atoms with E-state index in [0.717, 1.165) is 61.8 Å². The van der Waals surface area contributed by atoms with E-state index in [4.69, 9.17) is 23.2 Å². The Bertz CT molecular complexity index is 921. The largest absolute Gasteiger partial charge is 0.348 e. The van der Waals surface area contributed by atoms with Crippen molar-refractivity contribution in [3.63, 3.8) is 0 Å². The molecule has 0 radical (unpaired) electrons. The number of aryl methyl sites for hydroxylation is 1. The fraction of sp³-hybridized carbons (Fsp3) is 0.455. The van der Waals surface area contributed by atoms with Crippen LogP contribution >= 0.6 is 23.2 Å². The van der Waals surface area contributed by atoms with Crippen molar-refractivity contribution in [3.05, 3.63) is 67.0 Å². The van der Waals surface area contributed by atoms with Gasteiger partial charge in [-0.1, -0.05) is 43.0 Å². The number of nitrogens with zero attached hydrogens (tertiary/aromatic N) is 1. The lowest BCUT2D eigenvalue weighted by Gasteiger charge is -2.17. The van der Waals surface area contributed by atoms with Gasteiger partial charge in [0.2, 0.25) is 0 Å². The molecule has 1 aromatic carbocycles. The molecular weight excluding hydrogens is 395 g/mol. The highest BCUT2D eigenvalue weighted by Crippen LogP contribution is 2.22. The Morgan fingerprint density at radius 1 is 1.14 bits per heavy atom. The highest BCUT2D eigenvalue weighted by Gasteiger charge is 2.20. The number of benzene rings is 1. The second-order valence-electron chi connectivity index (χ2n) is 7.32. The summed E-state index contributed by atoms with van der Waals surface area (Å²) in [5.74, 6) is -0.363. The van der Waals surface area contributed by atoms with E-state index in [9.17, 15) is 9.59 Å². The molecule has 0 bridgehead atoms. The molecule has 0 fully saturated rings. The van der Waals surface area contributed by atoms with Crippen LogP contribution in [0.4, 0.5) is 0 Å². The van der Waals surface area contributed by atoms with Gasteiger partial charge >= 0.3 is 0 Å². The van der Waals surface area contributed by atoms with Crippen molar-refractivity contribution in [2.24, 2.45) is 0 Å². The van der Waals surface area contributed by atoms with Gasteiger partial charge in [0.05, 0.1) is 0 Å². The van der Waals surface area contributed by atoms with Crippen molar-refractivity contribution in [3.8, 4) is 0 Å². The van der Waals surface area contributed by atoms with Gasteiger partial charge in [0.1, 0.15) is 5.56 Å². The molecule has 1 heterocycles. The van der Waals surface area contributed by atoms with Crippen LogP contribution in [0.15, 0.2) is 29.1 Å². The van der Waals surface area contributed by atoms with Crippen molar-refractivity contribution in [2.75, 3.05) is 0 Å². The van der Waals surface area contributed by atoms with Gasteiger partial charge < -0.3 is 9.88 Å². The molecule has 1 aromatic heterocycles. The molecule has 0 saturated heterocycles. The molecule has 2 aromatic rings. The quantitative estimate of drug-likeness (QED) is 0.656.